The highest BCUT2D eigenvalue weighted by Gasteiger charge is 2.23. The molecule has 0 fully saturated rings. The van der Waals surface area contributed by atoms with Crippen molar-refractivity contribution in [2.24, 2.45) is 0 Å². The van der Waals surface area contributed by atoms with Gasteiger partial charge in [-0.3, -0.25) is 4.57 Å². The molecule has 0 bridgehead atoms. The number of fused-ring (bicyclic) bond motifs is 1. The lowest BCUT2D eigenvalue weighted by atomic mass is 10.1. The van der Waals surface area contributed by atoms with Gasteiger partial charge < -0.3 is 10.5 Å². The van der Waals surface area contributed by atoms with Gasteiger partial charge in [-0.15, -0.1) is 0 Å². The van der Waals surface area contributed by atoms with Crippen molar-refractivity contribution in [3.8, 4) is 0 Å². The number of hydrogen-bond acceptors (Lipinski definition) is 4. The lowest BCUT2D eigenvalue weighted by molar-refractivity contribution is 0.00924. The van der Waals surface area contributed by atoms with Crippen molar-refractivity contribution in [2.75, 3.05) is 12.8 Å². The van der Waals surface area contributed by atoms with Crippen LogP contribution in [0.1, 0.15) is 26.5 Å². The Bertz CT molecular complexity index is 567. The Kier molecular flexibility index (Phi) is 3.06. The maximum absolute atomic E-state index is 6.01. The normalized spacial score (nSPS) is 12.5. The van der Waals surface area contributed by atoms with Crippen molar-refractivity contribution in [2.45, 2.75) is 46.4 Å². The Morgan fingerprint density at radius 1 is 1.39 bits per heavy atom. The molecular formula is C12H21N5O. The third-order valence-electron chi connectivity index (χ3n) is 3.22. The van der Waals surface area contributed by atoms with Gasteiger partial charge in [-0.1, -0.05) is 0 Å². The first-order valence-corrected chi connectivity index (χ1v) is 6.14. The molecule has 2 aromatic heterocycles. The van der Waals surface area contributed by atoms with Crippen LogP contribution in [0.5, 0.6) is 0 Å². The fourth-order valence-electron chi connectivity index (χ4n) is 2.06. The van der Waals surface area contributed by atoms with E-state index in [4.69, 9.17) is 10.5 Å². The summed E-state index contributed by atoms with van der Waals surface area (Å²) in [5.41, 5.74) is 8.47. The monoisotopic (exact) mass is 251 g/mol. The number of anilines is 1. The Morgan fingerprint density at radius 3 is 2.61 bits per heavy atom. The average Bonchev–Trinajstić information content (AvgIpc) is 2.79. The molecule has 0 spiro atoms. The van der Waals surface area contributed by atoms with Crippen LogP contribution in [-0.4, -0.2) is 32.0 Å². The fraction of sp³-hybridized carbons (Fsp3) is 0.667. The van der Waals surface area contributed by atoms with Gasteiger partial charge >= 0.3 is 0 Å². The quantitative estimate of drug-likeness (QED) is 0.895. The Morgan fingerprint density at radius 2 is 2.06 bits per heavy atom. The van der Waals surface area contributed by atoms with Gasteiger partial charge in [0.25, 0.3) is 0 Å². The van der Waals surface area contributed by atoms with Crippen molar-refractivity contribution in [1.82, 2.24) is 19.3 Å². The van der Waals surface area contributed by atoms with Crippen LogP contribution in [0.15, 0.2) is 0 Å². The number of imidazole rings is 1. The minimum absolute atomic E-state index is 0.293. The van der Waals surface area contributed by atoms with Crippen LogP contribution in [0.2, 0.25) is 0 Å². The standard InChI is InChI=1S/C12H21N5O/c1-6-17-10-9(8(2)15-17)14-11(13)16(10)7-12(3,4)18-5/h6-7H2,1-5H3,(H2,13,14). The highest BCUT2D eigenvalue weighted by molar-refractivity contribution is 5.77. The van der Waals surface area contributed by atoms with Gasteiger partial charge in [-0.05, 0) is 27.7 Å². The minimum Gasteiger partial charge on any atom is -0.377 e. The molecule has 2 heterocycles. The fourth-order valence-corrected chi connectivity index (χ4v) is 2.06. The van der Waals surface area contributed by atoms with E-state index in [1.54, 1.807) is 7.11 Å². The molecule has 2 aromatic rings. The molecule has 0 amide bonds. The first-order chi connectivity index (χ1) is 8.39. The summed E-state index contributed by atoms with van der Waals surface area (Å²) in [4.78, 5) is 4.40. The van der Waals surface area contributed by atoms with E-state index in [0.717, 1.165) is 23.4 Å². The summed E-state index contributed by atoms with van der Waals surface area (Å²) in [7, 11) is 1.70. The van der Waals surface area contributed by atoms with Crippen LogP contribution in [0.25, 0.3) is 11.2 Å². The number of rotatable bonds is 4. The van der Waals surface area contributed by atoms with Crippen LogP contribution in [-0.2, 0) is 17.8 Å². The van der Waals surface area contributed by atoms with E-state index >= 15 is 0 Å². The molecule has 6 nitrogen and oxygen atoms in total. The van der Waals surface area contributed by atoms with E-state index < -0.39 is 0 Å². The van der Waals surface area contributed by atoms with Crippen molar-refractivity contribution in [3.05, 3.63) is 5.69 Å². The second-order valence-electron chi connectivity index (χ2n) is 5.09. The molecule has 100 valence electrons. The third kappa shape index (κ3) is 1.96. The molecular weight excluding hydrogens is 230 g/mol. The molecule has 0 saturated heterocycles. The number of nitrogen functional groups attached to an aromatic ring is 1. The number of aryl methyl sites for hydroxylation is 2. The second-order valence-corrected chi connectivity index (χ2v) is 5.09. The maximum Gasteiger partial charge on any atom is 0.202 e. The number of nitrogens with zero attached hydrogens (tertiary/aromatic N) is 4. The zero-order chi connectivity index (χ0) is 13.5. The van der Waals surface area contributed by atoms with Crippen LogP contribution in [0, 0.1) is 6.92 Å². The molecule has 0 unspecified atom stereocenters. The zero-order valence-electron chi connectivity index (χ0n) is 11.7. The lowest BCUT2D eigenvalue weighted by Gasteiger charge is -2.24. The summed E-state index contributed by atoms with van der Waals surface area (Å²) in [5, 5.41) is 4.46. The van der Waals surface area contributed by atoms with Gasteiger partial charge in [-0.2, -0.15) is 5.10 Å². The summed E-state index contributed by atoms with van der Waals surface area (Å²) in [5.74, 6) is 0.512. The van der Waals surface area contributed by atoms with Gasteiger partial charge in [0, 0.05) is 13.7 Å². The Hall–Kier alpha value is -1.56. The summed E-state index contributed by atoms with van der Waals surface area (Å²) < 4.78 is 9.37. The average molecular weight is 251 g/mol. The molecule has 0 aliphatic rings. The Balaban J connectivity index is 2.59. The van der Waals surface area contributed by atoms with Gasteiger partial charge in [0.1, 0.15) is 5.52 Å². The molecule has 0 atom stereocenters. The molecule has 0 aliphatic carbocycles. The first-order valence-electron chi connectivity index (χ1n) is 6.14. The second kappa shape index (κ2) is 4.28. The molecule has 18 heavy (non-hydrogen) atoms. The smallest absolute Gasteiger partial charge is 0.202 e. The number of nitrogens with two attached hydrogens (primary N) is 1. The highest BCUT2D eigenvalue weighted by Crippen LogP contribution is 2.24. The number of methoxy groups -OCH3 is 1. The summed E-state index contributed by atoms with van der Waals surface area (Å²) in [6, 6.07) is 0. The first kappa shape index (κ1) is 12.9. The number of ether oxygens (including phenoxy) is 1. The molecule has 6 heteroatoms. The highest BCUT2D eigenvalue weighted by atomic mass is 16.5. The number of hydrogen-bond donors (Lipinski definition) is 1. The predicted octanol–water partition coefficient (Wildman–Crippen LogP) is 1.57. The van der Waals surface area contributed by atoms with Crippen LogP contribution < -0.4 is 5.73 Å². The maximum atomic E-state index is 6.01. The third-order valence-corrected chi connectivity index (χ3v) is 3.22. The largest absolute Gasteiger partial charge is 0.377 e. The van der Waals surface area contributed by atoms with Crippen molar-refractivity contribution < 1.29 is 4.74 Å². The van der Waals surface area contributed by atoms with Crippen LogP contribution in [0.3, 0.4) is 0 Å². The summed E-state index contributed by atoms with van der Waals surface area (Å²) >= 11 is 0. The SMILES string of the molecule is CCn1nc(C)c2nc(N)n(CC(C)(C)OC)c21. The Labute approximate surface area is 107 Å². The van der Waals surface area contributed by atoms with Crippen LogP contribution in [0.4, 0.5) is 5.95 Å². The topological polar surface area (TPSA) is 70.9 Å². The molecule has 2 rings (SSSR count). The molecule has 0 aliphatic heterocycles. The van der Waals surface area contributed by atoms with Gasteiger partial charge in [0.05, 0.1) is 17.8 Å². The van der Waals surface area contributed by atoms with E-state index in [1.165, 1.54) is 0 Å². The van der Waals surface area contributed by atoms with Crippen molar-refractivity contribution in [1.29, 1.82) is 0 Å². The zero-order valence-corrected chi connectivity index (χ0v) is 11.7. The van der Waals surface area contributed by atoms with Gasteiger partial charge in [0.15, 0.2) is 5.65 Å². The van der Waals surface area contributed by atoms with Crippen molar-refractivity contribution in [3.63, 3.8) is 0 Å². The molecule has 2 N–H and O–H groups in total. The van der Waals surface area contributed by atoms with E-state index in [2.05, 4.69) is 17.0 Å². The van der Waals surface area contributed by atoms with Gasteiger partial charge in [-0.25, -0.2) is 9.67 Å². The minimum atomic E-state index is -0.293. The molecule has 0 aromatic carbocycles. The van der Waals surface area contributed by atoms with E-state index in [-0.39, 0.29) is 5.60 Å². The van der Waals surface area contributed by atoms with Gasteiger partial charge in [0.2, 0.25) is 5.95 Å². The van der Waals surface area contributed by atoms with E-state index in [0.29, 0.717) is 12.5 Å². The van der Waals surface area contributed by atoms with E-state index in [1.807, 2.05) is 30.0 Å². The lowest BCUT2D eigenvalue weighted by Crippen LogP contribution is -2.30. The molecule has 0 radical (unpaired) electrons. The van der Waals surface area contributed by atoms with Crippen molar-refractivity contribution >= 4 is 17.1 Å². The molecule has 0 saturated carbocycles. The predicted molar refractivity (Wildman–Crippen MR) is 71.4 cm³/mol. The van der Waals surface area contributed by atoms with Crippen LogP contribution >= 0.6 is 0 Å². The van der Waals surface area contributed by atoms with E-state index in [9.17, 15) is 0 Å². The summed E-state index contributed by atoms with van der Waals surface area (Å²) in [6.45, 7) is 9.50. The number of aromatic nitrogens is 4. The summed E-state index contributed by atoms with van der Waals surface area (Å²) in [6.07, 6.45) is 0.